The summed E-state index contributed by atoms with van der Waals surface area (Å²) in [5.41, 5.74) is 3.16. The monoisotopic (exact) mass is 400 g/mol. The molecule has 1 aliphatic heterocycles. The second-order valence-corrected chi connectivity index (χ2v) is 7.50. The van der Waals surface area contributed by atoms with E-state index in [-0.39, 0.29) is 6.42 Å². The van der Waals surface area contributed by atoms with E-state index in [1.807, 2.05) is 13.8 Å². The number of carbonyl (C=O) groups is 1. The number of nitrogens with one attached hydrogen (secondary N) is 1. The van der Waals surface area contributed by atoms with E-state index in [4.69, 9.17) is 14.2 Å². The third kappa shape index (κ3) is 3.96. The Hall–Kier alpha value is -2.56. The van der Waals surface area contributed by atoms with Gasteiger partial charge in [0.05, 0.1) is 42.5 Å². The molecular formula is C22H28N2O5. The fraction of sp³-hybridized carbons (Fsp3) is 0.545. The van der Waals surface area contributed by atoms with Gasteiger partial charge in [-0.05, 0) is 31.4 Å². The second kappa shape index (κ2) is 8.85. The molecule has 1 aromatic heterocycles. The molecule has 156 valence electrons. The van der Waals surface area contributed by atoms with Gasteiger partial charge in [-0.3, -0.25) is 4.79 Å². The van der Waals surface area contributed by atoms with Crippen molar-refractivity contribution in [3.8, 4) is 11.8 Å². The van der Waals surface area contributed by atoms with Gasteiger partial charge in [-0.1, -0.05) is 13.3 Å². The van der Waals surface area contributed by atoms with Crippen LogP contribution >= 0.6 is 0 Å². The molecule has 0 aliphatic carbocycles. The number of nitrogens with zero attached hydrogens (tertiary/aromatic N) is 1. The van der Waals surface area contributed by atoms with Gasteiger partial charge in [-0.15, -0.1) is 0 Å². The van der Waals surface area contributed by atoms with Crippen LogP contribution in [0, 0.1) is 18.3 Å². The number of methoxy groups -OCH3 is 1. The van der Waals surface area contributed by atoms with Gasteiger partial charge in [0, 0.05) is 31.1 Å². The Kier molecular flexibility index (Phi) is 6.46. The van der Waals surface area contributed by atoms with Crippen molar-refractivity contribution in [2.45, 2.75) is 51.6 Å². The van der Waals surface area contributed by atoms with Crippen molar-refractivity contribution < 1.29 is 24.1 Å². The standard InChI is InChI=1S/C22H28N2O5/c1-4-7-22(12-18(25)26)21-16(6-10-29-22)19-15(13-23)11-17(14(2)20(19)24-21)28-9-5-8-27-3/h11,24H,4-10,12H2,1-3H3,(H,25,26)/t22-/m1/s1. The number of ether oxygens (including phenoxy) is 3. The Morgan fingerprint density at radius 2 is 2.24 bits per heavy atom. The highest BCUT2D eigenvalue weighted by Crippen LogP contribution is 2.44. The molecule has 0 saturated carbocycles. The molecule has 1 atom stereocenters. The number of benzene rings is 1. The van der Waals surface area contributed by atoms with Crippen molar-refractivity contribution in [3.63, 3.8) is 0 Å². The lowest BCUT2D eigenvalue weighted by molar-refractivity contribution is -0.149. The summed E-state index contributed by atoms with van der Waals surface area (Å²) in [5, 5.41) is 20.2. The molecular weight excluding hydrogens is 372 g/mol. The zero-order valence-electron chi connectivity index (χ0n) is 17.3. The van der Waals surface area contributed by atoms with Crippen LogP contribution in [0.2, 0.25) is 0 Å². The molecule has 0 bridgehead atoms. The van der Waals surface area contributed by atoms with Crippen molar-refractivity contribution in [2.24, 2.45) is 0 Å². The van der Waals surface area contributed by atoms with Gasteiger partial charge in [0.2, 0.25) is 0 Å². The highest BCUT2D eigenvalue weighted by molar-refractivity contribution is 5.94. The number of aromatic amines is 1. The van der Waals surface area contributed by atoms with Crippen molar-refractivity contribution >= 4 is 16.9 Å². The van der Waals surface area contributed by atoms with Gasteiger partial charge in [-0.25, -0.2) is 0 Å². The number of hydrogen-bond donors (Lipinski definition) is 2. The summed E-state index contributed by atoms with van der Waals surface area (Å²) in [5.74, 6) is -0.242. The Labute approximate surface area is 170 Å². The maximum absolute atomic E-state index is 11.6. The zero-order valence-corrected chi connectivity index (χ0v) is 17.3. The van der Waals surface area contributed by atoms with Crippen LogP contribution < -0.4 is 4.74 Å². The first-order valence-corrected chi connectivity index (χ1v) is 10.0. The Balaban J connectivity index is 2.14. The molecule has 0 unspecified atom stereocenters. The summed E-state index contributed by atoms with van der Waals surface area (Å²) in [4.78, 5) is 15.0. The lowest BCUT2D eigenvalue weighted by atomic mass is 9.84. The van der Waals surface area contributed by atoms with Gasteiger partial charge in [-0.2, -0.15) is 5.26 Å². The molecule has 7 heteroatoms. The summed E-state index contributed by atoms with van der Waals surface area (Å²) >= 11 is 0. The number of carboxylic acids is 1. The van der Waals surface area contributed by atoms with E-state index in [0.717, 1.165) is 40.6 Å². The van der Waals surface area contributed by atoms with Crippen LogP contribution in [-0.4, -0.2) is 43.0 Å². The normalized spacial score (nSPS) is 18.4. The Morgan fingerprint density at radius 1 is 1.45 bits per heavy atom. The highest BCUT2D eigenvalue weighted by atomic mass is 16.5. The van der Waals surface area contributed by atoms with Crippen molar-refractivity contribution in [3.05, 3.63) is 28.5 Å². The molecule has 1 aromatic carbocycles. The smallest absolute Gasteiger partial charge is 0.306 e. The molecule has 3 rings (SSSR count). The molecule has 0 fully saturated rings. The third-order valence-electron chi connectivity index (χ3n) is 5.54. The number of rotatable bonds is 9. The number of carboxylic acid groups (broad SMARTS) is 1. The summed E-state index contributed by atoms with van der Waals surface area (Å²) in [6.07, 6.45) is 2.67. The first kappa shape index (κ1) is 21.2. The molecule has 2 heterocycles. The maximum Gasteiger partial charge on any atom is 0.306 e. The summed E-state index contributed by atoms with van der Waals surface area (Å²) in [7, 11) is 1.65. The molecule has 0 saturated heterocycles. The molecule has 7 nitrogen and oxygen atoms in total. The molecule has 1 aliphatic rings. The van der Waals surface area contributed by atoms with E-state index in [0.29, 0.717) is 44.0 Å². The van der Waals surface area contributed by atoms with E-state index >= 15 is 0 Å². The lowest BCUT2D eigenvalue weighted by Crippen LogP contribution is -2.37. The van der Waals surface area contributed by atoms with Crippen LogP contribution in [0.4, 0.5) is 0 Å². The van der Waals surface area contributed by atoms with Gasteiger partial charge in [0.25, 0.3) is 0 Å². The van der Waals surface area contributed by atoms with E-state index < -0.39 is 11.6 Å². The first-order chi connectivity index (χ1) is 14.0. The minimum atomic E-state index is -0.899. The number of fused-ring (bicyclic) bond motifs is 3. The maximum atomic E-state index is 11.6. The molecule has 0 spiro atoms. The van der Waals surface area contributed by atoms with Crippen molar-refractivity contribution in [2.75, 3.05) is 26.9 Å². The fourth-order valence-corrected chi connectivity index (χ4v) is 4.31. The van der Waals surface area contributed by atoms with E-state index in [1.165, 1.54) is 0 Å². The predicted molar refractivity (Wildman–Crippen MR) is 108 cm³/mol. The summed E-state index contributed by atoms with van der Waals surface area (Å²) in [6, 6.07) is 4.08. The number of aryl methyl sites for hydroxylation is 1. The summed E-state index contributed by atoms with van der Waals surface area (Å²) < 4.78 is 17.0. The van der Waals surface area contributed by atoms with Crippen LogP contribution in [0.3, 0.4) is 0 Å². The SMILES string of the molecule is CCC[C@]1(CC(=O)O)OCCc2c1[nH]c1c(C)c(OCCCOC)cc(C#N)c21. The van der Waals surface area contributed by atoms with E-state index in [2.05, 4.69) is 11.1 Å². The van der Waals surface area contributed by atoms with E-state index in [9.17, 15) is 15.2 Å². The van der Waals surface area contributed by atoms with Crippen molar-refractivity contribution in [1.29, 1.82) is 5.26 Å². The minimum absolute atomic E-state index is 0.109. The number of hydrogen-bond acceptors (Lipinski definition) is 5. The topological polar surface area (TPSA) is 105 Å². The number of nitriles is 1. The first-order valence-electron chi connectivity index (χ1n) is 10.0. The predicted octanol–water partition coefficient (Wildman–Crippen LogP) is 3.81. The number of aliphatic carboxylic acids is 1. The number of H-pyrrole nitrogens is 1. The van der Waals surface area contributed by atoms with Crippen LogP contribution in [0.25, 0.3) is 10.9 Å². The van der Waals surface area contributed by atoms with Gasteiger partial charge >= 0.3 is 5.97 Å². The lowest BCUT2D eigenvalue weighted by Gasteiger charge is -2.36. The third-order valence-corrected chi connectivity index (χ3v) is 5.54. The Bertz CT molecular complexity index is 943. The van der Waals surface area contributed by atoms with Crippen LogP contribution in [0.1, 0.15) is 55.0 Å². The van der Waals surface area contributed by atoms with Gasteiger partial charge in [0.15, 0.2) is 0 Å². The quantitative estimate of drug-likeness (QED) is 0.620. The van der Waals surface area contributed by atoms with Gasteiger partial charge < -0.3 is 24.3 Å². The molecule has 2 aromatic rings. The minimum Gasteiger partial charge on any atom is -0.493 e. The average molecular weight is 400 g/mol. The number of aromatic nitrogens is 1. The molecule has 2 N–H and O–H groups in total. The van der Waals surface area contributed by atoms with Crippen LogP contribution in [0.15, 0.2) is 6.07 Å². The average Bonchev–Trinajstić information content (AvgIpc) is 3.08. The molecule has 0 amide bonds. The zero-order chi connectivity index (χ0) is 21.0. The van der Waals surface area contributed by atoms with Crippen LogP contribution in [-0.2, 0) is 26.3 Å². The summed E-state index contributed by atoms with van der Waals surface area (Å²) in [6.45, 7) is 5.51. The fourth-order valence-electron chi connectivity index (χ4n) is 4.31. The van der Waals surface area contributed by atoms with Crippen LogP contribution in [0.5, 0.6) is 5.75 Å². The van der Waals surface area contributed by atoms with Gasteiger partial charge in [0.1, 0.15) is 11.4 Å². The highest BCUT2D eigenvalue weighted by Gasteiger charge is 2.42. The van der Waals surface area contributed by atoms with E-state index in [1.54, 1.807) is 13.2 Å². The molecule has 0 radical (unpaired) electrons. The Morgan fingerprint density at radius 3 is 2.90 bits per heavy atom. The second-order valence-electron chi connectivity index (χ2n) is 7.50. The molecule has 29 heavy (non-hydrogen) atoms. The largest absolute Gasteiger partial charge is 0.493 e. The van der Waals surface area contributed by atoms with Crippen molar-refractivity contribution in [1.82, 2.24) is 4.98 Å².